The number of aromatic nitrogens is 1. The standard InChI is InChI=1S/C6H6BrNS/c1-4-6(9)2-5(7)3-8-4/h2-3,9H,1H3. The molecule has 0 fully saturated rings. The highest BCUT2D eigenvalue weighted by molar-refractivity contribution is 9.10. The second-order valence-electron chi connectivity index (χ2n) is 1.76. The van der Waals surface area contributed by atoms with Crippen LogP contribution in [0.5, 0.6) is 0 Å². The number of nitrogens with zero attached hydrogens (tertiary/aromatic N) is 1. The molecule has 3 heteroatoms. The van der Waals surface area contributed by atoms with E-state index in [1.165, 1.54) is 0 Å². The summed E-state index contributed by atoms with van der Waals surface area (Å²) in [6.07, 6.45) is 1.76. The van der Waals surface area contributed by atoms with Gasteiger partial charge < -0.3 is 0 Å². The third-order valence-electron chi connectivity index (χ3n) is 1.03. The first kappa shape index (κ1) is 7.09. The maximum absolute atomic E-state index is 4.18. The average Bonchev–Trinajstić information content (AvgIpc) is 1.80. The number of rotatable bonds is 0. The van der Waals surface area contributed by atoms with Crippen LogP contribution in [-0.2, 0) is 0 Å². The van der Waals surface area contributed by atoms with Crippen molar-refractivity contribution in [2.24, 2.45) is 0 Å². The Hall–Kier alpha value is -0.0200. The molecule has 9 heavy (non-hydrogen) atoms. The molecule has 1 aromatic rings. The molecule has 0 unspecified atom stereocenters. The van der Waals surface area contributed by atoms with Gasteiger partial charge in [0.25, 0.3) is 0 Å². The molecule has 0 N–H and O–H groups in total. The number of hydrogen-bond donors (Lipinski definition) is 1. The van der Waals surface area contributed by atoms with Gasteiger partial charge in [-0.2, -0.15) is 0 Å². The fourth-order valence-corrected chi connectivity index (χ4v) is 1.20. The summed E-state index contributed by atoms with van der Waals surface area (Å²) >= 11 is 7.46. The van der Waals surface area contributed by atoms with Crippen molar-refractivity contribution in [1.29, 1.82) is 0 Å². The van der Waals surface area contributed by atoms with Gasteiger partial charge in [-0.05, 0) is 28.9 Å². The van der Waals surface area contributed by atoms with Gasteiger partial charge in [0.05, 0.1) is 5.69 Å². The normalized spacial score (nSPS) is 9.67. The minimum absolute atomic E-state index is 0.921. The van der Waals surface area contributed by atoms with E-state index < -0.39 is 0 Å². The van der Waals surface area contributed by atoms with Gasteiger partial charge in [0.2, 0.25) is 0 Å². The van der Waals surface area contributed by atoms with E-state index in [2.05, 4.69) is 33.5 Å². The van der Waals surface area contributed by atoms with Crippen LogP contribution >= 0.6 is 28.6 Å². The van der Waals surface area contributed by atoms with Crippen molar-refractivity contribution >= 4 is 28.6 Å². The molecule has 0 saturated heterocycles. The Labute approximate surface area is 68.0 Å². The molecule has 0 aromatic carbocycles. The summed E-state index contributed by atoms with van der Waals surface area (Å²) in [7, 11) is 0. The number of aryl methyl sites for hydroxylation is 1. The lowest BCUT2D eigenvalue weighted by Crippen LogP contribution is -1.80. The Balaban J connectivity index is 3.17. The van der Waals surface area contributed by atoms with Crippen molar-refractivity contribution in [3.8, 4) is 0 Å². The highest BCUT2D eigenvalue weighted by Gasteiger charge is 1.92. The lowest BCUT2D eigenvalue weighted by molar-refractivity contribution is 1.11. The van der Waals surface area contributed by atoms with Crippen LogP contribution in [-0.4, -0.2) is 4.98 Å². The van der Waals surface area contributed by atoms with E-state index in [9.17, 15) is 0 Å². The number of halogens is 1. The van der Waals surface area contributed by atoms with Gasteiger partial charge >= 0.3 is 0 Å². The van der Waals surface area contributed by atoms with E-state index in [-0.39, 0.29) is 0 Å². The highest BCUT2D eigenvalue weighted by Crippen LogP contribution is 2.15. The van der Waals surface area contributed by atoms with E-state index in [4.69, 9.17) is 0 Å². The first-order valence-corrected chi connectivity index (χ1v) is 3.75. The lowest BCUT2D eigenvalue weighted by Gasteiger charge is -1.95. The van der Waals surface area contributed by atoms with Crippen LogP contribution in [0.1, 0.15) is 5.69 Å². The third kappa shape index (κ3) is 1.69. The zero-order valence-corrected chi connectivity index (χ0v) is 7.41. The van der Waals surface area contributed by atoms with Crippen molar-refractivity contribution in [3.63, 3.8) is 0 Å². The quantitative estimate of drug-likeness (QED) is 0.640. The highest BCUT2D eigenvalue weighted by atomic mass is 79.9. The second-order valence-corrected chi connectivity index (χ2v) is 3.16. The largest absolute Gasteiger partial charge is 0.259 e. The van der Waals surface area contributed by atoms with Crippen LogP contribution in [0, 0.1) is 6.92 Å². The number of hydrogen-bond acceptors (Lipinski definition) is 2. The minimum Gasteiger partial charge on any atom is -0.259 e. The van der Waals surface area contributed by atoms with E-state index >= 15 is 0 Å². The molecule has 1 nitrogen and oxygen atoms in total. The Morgan fingerprint density at radius 3 is 2.78 bits per heavy atom. The predicted octanol–water partition coefficient (Wildman–Crippen LogP) is 2.44. The van der Waals surface area contributed by atoms with Gasteiger partial charge in [0.15, 0.2) is 0 Å². The molecule has 0 spiro atoms. The van der Waals surface area contributed by atoms with Crippen LogP contribution in [0.2, 0.25) is 0 Å². The molecule has 0 amide bonds. The van der Waals surface area contributed by atoms with Gasteiger partial charge in [0, 0.05) is 15.6 Å². The van der Waals surface area contributed by atoms with Gasteiger partial charge in [0.1, 0.15) is 0 Å². The van der Waals surface area contributed by atoms with E-state index in [0.717, 1.165) is 15.1 Å². The van der Waals surface area contributed by atoms with Crippen LogP contribution in [0.3, 0.4) is 0 Å². The molecule has 0 aliphatic rings. The molecule has 0 bridgehead atoms. The molecule has 0 radical (unpaired) electrons. The fraction of sp³-hybridized carbons (Fsp3) is 0.167. The van der Waals surface area contributed by atoms with Gasteiger partial charge in [-0.25, -0.2) is 0 Å². The molecule has 0 aliphatic heterocycles. The first-order chi connectivity index (χ1) is 4.20. The molecule has 1 aromatic heterocycles. The summed E-state index contributed by atoms with van der Waals surface area (Å²) in [5.74, 6) is 0. The van der Waals surface area contributed by atoms with Crippen molar-refractivity contribution in [2.75, 3.05) is 0 Å². The smallest absolute Gasteiger partial charge is 0.0506 e. The first-order valence-electron chi connectivity index (χ1n) is 2.51. The van der Waals surface area contributed by atoms with Crippen molar-refractivity contribution < 1.29 is 0 Å². The molecule has 0 atom stereocenters. The molecule has 0 aliphatic carbocycles. The van der Waals surface area contributed by atoms with E-state index in [0.29, 0.717) is 0 Å². The van der Waals surface area contributed by atoms with E-state index in [1.54, 1.807) is 6.20 Å². The molecular weight excluding hydrogens is 198 g/mol. The van der Waals surface area contributed by atoms with Crippen molar-refractivity contribution in [1.82, 2.24) is 4.98 Å². The molecule has 1 heterocycles. The Morgan fingerprint density at radius 2 is 2.33 bits per heavy atom. The van der Waals surface area contributed by atoms with Gasteiger partial charge in [-0.15, -0.1) is 12.6 Å². The van der Waals surface area contributed by atoms with Gasteiger partial charge in [-0.1, -0.05) is 0 Å². The molecular formula is C6H6BrNS. The summed E-state index contributed by atoms with van der Waals surface area (Å²) in [5.41, 5.74) is 0.960. The zero-order chi connectivity index (χ0) is 6.85. The van der Waals surface area contributed by atoms with Gasteiger partial charge in [-0.3, -0.25) is 4.98 Å². The maximum Gasteiger partial charge on any atom is 0.0506 e. The third-order valence-corrected chi connectivity index (χ3v) is 1.91. The number of pyridine rings is 1. The van der Waals surface area contributed by atoms with Crippen LogP contribution in [0.25, 0.3) is 0 Å². The second kappa shape index (κ2) is 2.71. The molecule has 1 rings (SSSR count). The SMILES string of the molecule is Cc1ncc(Br)cc1S. The van der Waals surface area contributed by atoms with E-state index in [1.807, 2.05) is 13.0 Å². The summed E-state index contributed by atoms with van der Waals surface area (Å²) in [6.45, 7) is 1.93. The van der Waals surface area contributed by atoms with Crippen LogP contribution in [0.4, 0.5) is 0 Å². The molecule has 0 saturated carbocycles. The fourth-order valence-electron chi connectivity index (χ4n) is 0.497. The zero-order valence-electron chi connectivity index (χ0n) is 4.93. The monoisotopic (exact) mass is 203 g/mol. The minimum atomic E-state index is 0.921. The maximum atomic E-state index is 4.18. The van der Waals surface area contributed by atoms with Crippen LogP contribution in [0.15, 0.2) is 21.6 Å². The lowest BCUT2D eigenvalue weighted by atomic mass is 10.4. The summed E-state index contributed by atoms with van der Waals surface area (Å²) in [5, 5.41) is 0. The summed E-state index contributed by atoms with van der Waals surface area (Å²) in [4.78, 5) is 4.98. The van der Waals surface area contributed by atoms with Crippen molar-refractivity contribution in [2.45, 2.75) is 11.8 Å². The Morgan fingerprint density at radius 1 is 1.67 bits per heavy atom. The van der Waals surface area contributed by atoms with Crippen molar-refractivity contribution in [3.05, 3.63) is 22.4 Å². The number of thiol groups is 1. The Kier molecular flexibility index (Phi) is 2.13. The molecule has 48 valence electrons. The Bertz CT molecular complexity index is 224. The van der Waals surface area contributed by atoms with Crippen LogP contribution < -0.4 is 0 Å². The summed E-state index contributed by atoms with van der Waals surface area (Å²) in [6, 6.07) is 1.92. The summed E-state index contributed by atoms with van der Waals surface area (Å²) < 4.78 is 0.970. The average molecular weight is 204 g/mol. The predicted molar refractivity (Wildman–Crippen MR) is 43.9 cm³/mol. The topological polar surface area (TPSA) is 12.9 Å².